The second kappa shape index (κ2) is 6.25. The van der Waals surface area contributed by atoms with Gasteiger partial charge in [0.2, 0.25) is 0 Å². The fourth-order valence-electron chi connectivity index (χ4n) is 2.34. The lowest BCUT2D eigenvalue weighted by Gasteiger charge is -2.21. The van der Waals surface area contributed by atoms with E-state index in [4.69, 9.17) is 11.6 Å². The molecule has 0 aliphatic carbocycles. The predicted octanol–water partition coefficient (Wildman–Crippen LogP) is 5.17. The van der Waals surface area contributed by atoms with E-state index in [1.165, 1.54) is 0 Å². The van der Waals surface area contributed by atoms with E-state index in [-0.39, 0.29) is 16.9 Å². The van der Waals surface area contributed by atoms with Crippen molar-refractivity contribution in [3.63, 3.8) is 0 Å². The van der Waals surface area contributed by atoms with Crippen molar-refractivity contribution in [3.05, 3.63) is 67.9 Å². The molecule has 1 unspecified atom stereocenters. The smallest absolute Gasteiger partial charge is 0.146 e. The molecule has 0 aliphatic heterocycles. The standard InChI is InChI=1S/C16H16BrClFN/c1-9-8-13(17)10(2)7-12(9)16(20-3)11-5-4-6-14(18)15(11)19/h4-8,16,20H,1-3H3. The highest BCUT2D eigenvalue weighted by molar-refractivity contribution is 9.10. The fourth-order valence-corrected chi connectivity index (χ4v) is 2.98. The van der Waals surface area contributed by atoms with Gasteiger partial charge in [0.1, 0.15) is 5.82 Å². The van der Waals surface area contributed by atoms with E-state index in [1.807, 2.05) is 20.9 Å². The summed E-state index contributed by atoms with van der Waals surface area (Å²) >= 11 is 9.41. The minimum atomic E-state index is -0.367. The van der Waals surface area contributed by atoms with Gasteiger partial charge in [0, 0.05) is 10.0 Å². The maximum Gasteiger partial charge on any atom is 0.146 e. The van der Waals surface area contributed by atoms with E-state index < -0.39 is 0 Å². The van der Waals surface area contributed by atoms with Gasteiger partial charge >= 0.3 is 0 Å². The Bertz CT molecular complexity index is 643. The second-order valence-electron chi connectivity index (χ2n) is 4.82. The molecule has 2 aromatic rings. The highest BCUT2D eigenvalue weighted by atomic mass is 79.9. The summed E-state index contributed by atoms with van der Waals surface area (Å²) in [6, 6.07) is 9.00. The summed E-state index contributed by atoms with van der Waals surface area (Å²) in [7, 11) is 1.82. The molecule has 1 atom stereocenters. The SMILES string of the molecule is CNC(c1cc(C)c(Br)cc1C)c1cccc(Cl)c1F. The molecule has 1 N–H and O–H groups in total. The van der Waals surface area contributed by atoms with Gasteiger partial charge in [-0.3, -0.25) is 0 Å². The Morgan fingerprint density at radius 1 is 1.15 bits per heavy atom. The number of benzene rings is 2. The Labute approximate surface area is 132 Å². The Hall–Kier alpha value is -0.900. The van der Waals surface area contributed by atoms with Crippen molar-refractivity contribution >= 4 is 27.5 Å². The van der Waals surface area contributed by atoms with Crippen LogP contribution in [0.5, 0.6) is 0 Å². The van der Waals surface area contributed by atoms with Crippen LogP contribution in [0.3, 0.4) is 0 Å². The van der Waals surface area contributed by atoms with Gasteiger partial charge in [-0.2, -0.15) is 0 Å². The third-order valence-electron chi connectivity index (χ3n) is 3.44. The lowest BCUT2D eigenvalue weighted by molar-refractivity contribution is 0.575. The Balaban J connectivity index is 2.58. The van der Waals surface area contributed by atoms with E-state index in [0.717, 1.165) is 21.2 Å². The average Bonchev–Trinajstić information content (AvgIpc) is 2.41. The molecule has 0 saturated heterocycles. The largest absolute Gasteiger partial charge is 0.309 e. The second-order valence-corrected chi connectivity index (χ2v) is 6.08. The number of hydrogen-bond donors (Lipinski definition) is 1. The van der Waals surface area contributed by atoms with Crippen LogP contribution in [0.25, 0.3) is 0 Å². The molecule has 1 nitrogen and oxygen atoms in total. The van der Waals surface area contributed by atoms with E-state index in [9.17, 15) is 4.39 Å². The van der Waals surface area contributed by atoms with Crippen molar-refractivity contribution < 1.29 is 4.39 Å². The number of rotatable bonds is 3. The molecule has 20 heavy (non-hydrogen) atoms. The van der Waals surface area contributed by atoms with Crippen molar-refractivity contribution in [2.24, 2.45) is 0 Å². The van der Waals surface area contributed by atoms with Gasteiger partial charge in [0.15, 0.2) is 0 Å². The van der Waals surface area contributed by atoms with Gasteiger partial charge < -0.3 is 5.32 Å². The molecule has 4 heteroatoms. The molecule has 2 aromatic carbocycles. The zero-order valence-corrected chi connectivity index (χ0v) is 13.9. The van der Waals surface area contributed by atoms with Gasteiger partial charge in [0.25, 0.3) is 0 Å². The zero-order valence-electron chi connectivity index (χ0n) is 11.6. The molecule has 106 valence electrons. The van der Waals surface area contributed by atoms with Crippen LogP contribution in [0.4, 0.5) is 4.39 Å². The predicted molar refractivity (Wildman–Crippen MR) is 85.9 cm³/mol. The first-order valence-corrected chi connectivity index (χ1v) is 7.50. The number of halogens is 3. The summed E-state index contributed by atoms with van der Waals surface area (Å²) in [5, 5.41) is 3.32. The topological polar surface area (TPSA) is 12.0 Å². The molecule has 0 saturated carbocycles. The van der Waals surface area contributed by atoms with Gasteiger partial charge in [-0.1, -0.05) is 45.7 Å². The van der Waals surface area contributed by atoms with E-state index in [0.29, 0.717) is 5.56 Å². The summed E-state index contributed by atoms with van der Waals surface area (Å²) in [6.45, 7) is 4.04. The minimum Gasteiger partial charge on any atom is -0.309 e. The molecule has 0 radical (unpaired) electrons. The van der Waals surface area contributed by atoms with Crippen molar-refractivity contribution in [2.75, 3.05) is 7.05 Å². The average molecular weight is 357 g/mol. The summed E-state index contributed by atoms with van der Waals surface area (Å²) in [6.07, 6.45) is 0. The van der Waals surface area contributed by atoms with Gasteiger partial charge in [0.05, 0.1) is 11.1 Å². The monoisotopic (exact) mass is 355 g/mol. The first kappa shape index (κ1) is 15.5. The van der Waals surface area contributed by atoms with Crippen LogP contribution in [0, 0.1) is 19.7 Å². The molecular weight excluding hydrogens is 341 g/mol. The third-order valence-corrected chi connectivity index (χ3v) is 4.59. The summed E-state index contributed by atoms with van der Waals surface area (Å²) in [4.78, 5) is 0. The van der Waals surface area contributed by atoms with Crippen LogP contribution < -0.4 is 5.32 Å². The Kier molecular flexibility index (Phi) is 4.84. The Morgan fingerprint density at radius 2 is 1.85 bits per heavy atom. The van der Waals surface area contributed by atoms with Crippen LogP contribution in [-0.4, -0.2) is 7.05 Å². The number of aryl methyl sites for hydroxylation is 2. The molecule has 0 heterocycles. The van der Waals surface area contributed by atoms with Gasteiger partial charge in [-0.05, 0) is 49.7 Å². The van der Waals surface area contributed by atoms with Crippen LogP contribution in [-0.2, 0) is 0 Å². The first-order valence-electron chi connectivity index (χ1n) is 6.33. The lowest BCUT2D eigenvalue weighted by atomic mass is 9.93. The van der Waals surface area contributed by atoms with Crippen molar-refractivity contribution in [3.8, 4) is 0 Å². The van der Waals surface area contributed by atoms with Crippen LogP contribution >= 0.6 is 27.5 Å². The summed E-state index contributed by atoms with van der Waals surface area (Å²) < 4.78 is 15.3. The molecule has 0 amide bonds. The van der Waals surface area contributed by atoms with E-state index in [2.05, 4.69) is 33.4 Å². The molecule has 0 spiro atoms. The van der Waals surface area contributed by atoms with Crippen molar-refractivity contribution in [1.29, 1.82) is 0 Å². The fraction of sp³-hybridized carbons (Fsp3) is 0.250. The van der Waals surface area contributed by atoms with Crippen LogP contribution in [0.2, 0.25) is 5.02 Å². The highest BCUT2D eigenvalue weighted by Crippen LogP contribution is 2.32. The van der Waals surface area contributed by atoms with Crippen LogP contribution in [0.1, 0.15) is 28.3 Å². The lowest BCUT2D eigenvalue weighted by Crippen LogP contribution is -2.20. The number of nitrogens with one attached hydrogen (secondary N) is 1. The summed E-state index contributed by atoms with van der Waals surface area (Å²) in [5.41, 5.74) is 3.83. The van der Waals surface area contributed by atoms with Gasteiger partial charge in [-0.25, -0.2) is 4.39 Å². The zero-order chi connectivity index (χ0) is 14.9. The number of hydrogen-bond acceptors (Lipinski definition) is 1. The molecular formula is C16H16BrClFN. The molecule has 2 rings (SSSR count). The highest BCUT2D eigenvalue weighted by Gasteiger charge is 2.20. The Morgan fingerprint density at radius 3 is 2.50 bits per heavy atom. The van der Waals surface area contributed by atoms with Gasteiger partial charge in [-0.15, -0.1) is 0 Å². The minimum absolute atomic E-state index is 0.147. The first-order chi connectivity index (χ1) is 9.45. The van der Waals surface area contributed by atoms with Crippen molar-refractivity contribution in [1.82, 2.24) is 5.32 Å². The molecule has 0 fully saturated rings. The van der Waals surface area contributed by atoms with E-state index >= 15 is 0 Å². The molecule has 0 bridgehead atoms. The van der Waals surface area contributed by atoms with E-state index in [1.54, 1.807) is 18.2 Å². The van der Waals surface area contributed by atoms with Crippen molar-refractivity contribution in [2.45, 2.75) is 19.9 Å². The summed E-state index contributed by atoms with van der Waals surface area (Å²) in [5.74, 6) is -0.367. The quantitative estimate of drug-likeness (QED) is 0.800. The normalized spacial score (nSPS) is 12.5. The maximum atomic E-state index is 14.3. The molecule has 0 aliphatic rings. The maximum absolute atomic E-state index is 14.3. The third kappa shape index (κ3) is 2.90. The molecule has 0 aromatic heterocycles. The van der Waals surface area contributed by atoms with Crippen LogP contribution in [0.15, 0.2) is 34.8 Å².